The SMILES string of the molecule is CC1(C)C(C(O)C(=O)O)C1(C)C. The van der Waals surface area contributed by atoms with E-state index in [1.165, 1.54) is 0 Å². The van der Waals surface area contributed by atoms with Gasteiger partial charge in [-0.2, -0.15) is 0 Å². The van der Waals surface area contributed by atoms with Gasteiger partial charge in [0.25, 0.3) is 0 Å². The van der Waals surface area contributed by atoms with Crippen LogP contribution in [0.15, 0.2) is 0 Å². The molecule has 1 saturated carbocycles. The van der Waals surface area contributed by atoms with Crippen LogP contribution < -0.4 is 0 Å². The number of rotatable bonds is 2. The fourth-order valence-corrected chi connectivity index (χ4v) is 2.18. The van der Waals surface area contributed by atoms with E-state index in [9.17, 15) is 9.90 Å². The summed E-state index contributed by atoms with van der Waals surface area (Å²) in [7, 11) is 0. The number of hydrogen-bond acceptors (Lipinski definition) is 2. The Kier molecular flexibility index (Phi) is 1.76. The minimum absolute atomic E-state index is 0.0647. The van der Waals surface area contributed by atoms with Crippen LogP contribution in [0.1, 0.15) is 27.7 Å². The molecule has 70 valence electrons. The van der Waals surface area contributed by atoms with Crippen molar-refractivity contribution < 1.29 is 15.0 Å². The molecule has 0 saturated heterocycles. The first-order chi connectivity index (χ1) is 5.23. The molecule has 0 aromatic rings. The van der Waals surface area contributed by atoms with Gasteiger partial charge < -0.3 is 10.2 Å². The van der Waals surface area contributed by atoms with Crippen LogP contribution >= 0.6 is 0 Å². The summed E-state index contributed by atoms with van der Waals surface area (Å²) in [6, 6.07) is 0. The molecule has 12 heavy (non-hydrogen) atoms. The fraction of sp³-hybridized carbons (Fsp3) is 0.889. The first-order valence-electron chi connectivity index (χ1n) is 4.14. The highest BCUT2D eigenvalue weighted by molar-refractivity contribution is 5.73. The van der Waals surface area contributed by atoms with E-state index in [1.54, 1.807) is 0 Å². The van der Waals surface area contributed by atoms with Gasteiger partial charge >= 0.3 is 5.97 Å². The van der Waals surface area contributed by atoms with Gasteiger partial charge in [-0.1, -0.05) is 27.7 Å². The number of aliphatic hydroxyl groups excluding tert-OH is 1. The molecule has 3 nitrogen and oxygen atoms in total. The molecule has 0 aromatic carbocycles. The Morgan fingerprint density at radius 1 is 1.25 bits per heavy atom. The molecule has 0 heterocycles. The van der Waals surface area contributed by atoms with Gasteiger partial charge in [0.05, 0.1) is 0 Å². The molecule has 0 amide bonds. The van der Waals surface area contributed by atoms with Crippen molar-refractivity contribution in [2.45, 2.75) is 33.8 Å². The largest absolute Gasteiger partial charge is 0.479 e. The van der Waals surface area contributed by atoms with Gasteiger partial charge in [0, 0.05) is 5.92 Å². The topological polar surface area (TPSA) is 57.5 Å². The van der Waals surface area contributed by atoms with Crippen LogP contribution in [0.5, 0.6) is 0 Å². The fourth-order valence-electron chi connectivity index (χ4n) is 2.18. The molecule has 0 aromatic heterocycles. The molecule has 0 bridgehead atoms. The van der Waals surface area contributed by atoms with Crippen LogP contribution in [0.4, 0.5) is 0 Å². The molecule has 0 spiro atoms. The van der Waals surface area contributed by atoms with E-state index in [-0.39, 0.29) is 16.7 Å². The maximum absolute atomic E-state index is 10.5. The van der Waals surface area contributed by atoms with Crippen LogP contribution in [0.25, 0.3) is 0 Å². The quantitative estimate of drug-likeness (QED) is 0.656. The lowest BCUT2D eigenvalue weighted by atomic mass is 10.0. The van der Waals surface area contributed by atoms with Gasteiger partial charge in [0.2, 0.25) is 0 Å². The molecule has 3 heteroatoms. The van der Waals surface area contributed by atoms with E-state index >= 15 is 0 Å². The Morgan fingerprint density at radius 3 is 1.67 bits per heavy atom. The monoisotopic (exact) mass is 172 g/mol. The van der Waals surface area contributed by atoms with Crippen molar-refractivity contribution in [3.8, 4) is 0 Å². The van der Waals surface area contributed by atoms with Gasteiger partial charge in [-0.15, -0.1) is 0 Å². The smallest absolute Gasteiger partial charge is 0.332 e. The predicted octanol–water partition coefficient (Wildman–Crippen LogP) is 1.11. The molecule has 1 rings (SSSR count). The molecule has 1 aliphatic carbocycles. The Balaban J connectivity index is 2.77. The second-order valence-corrected chi connectivity index (χ2v) is 4.70. The number of aliphatic carboxylic acids is 1. The molecule has 0 aliphatic heterocycles. The molecule has 1 fully saturated rings. The average Bonchev–Trinajstić information content (AvgIpc) is 2.23. The Morgan fingerprint density at radius 2 is 1.58 bits per heavy atom. The van der Waals surface area contributed by atoms with Crippen LogP contribution in [0.2, 0.25) is 0 Å². The Hall–Kier alpha value is -0.570. The third-order valence-electron chi connectivity index (χ3n) is 3.70. The van der Waals surface area contributed by atoms with E-state index in [2.05, 4.69) is 0 Å². The maximum atomic E-state index is 10.5. The highest BCUT2D eigenvalue weighted by Crippen LogP contribution is 2.69. The lowest BCUT2D eigenvalue weighted by Crippen LogP contribution is -2.24. The Labute approximate surface area is 72.4 Å². The van der Waals surface area contributed by atoms with E-state index in [1.807, 2.05) is 27.7 Å². The molecule has 1 unspecified atom stereocenters. The zero-order valence-corrected chi connectivity index (χ0v) is 7.96. The van der Waals surface area contributed by atoms with Gasteiger partial charge in [-0.3, -0.25) is 0 Å². The summed E-state index contributed by atoms with van der Waals surface area (Å²) in [4.78, 5) is 10.5. The van der Waals surface area contributed by atoms with Crippen LogP contribution in [-0.2, 0) is 4.79 Å². The number of hydrogen-bond donors (Lipinski definition) is 2. The number of carbonyl (C=O) groups is 1. The zero-order chi connectivity index (χ0) is 9.73. The van der Waals surface area contributed by atoms with E-state index < -0.39 is 12.1 Å². The molecular formula is C9H16O3. The molecule has 1 aliphatic rings. The van der Waals surface area contributed by atoms with Crippen molar-refractivity contribution in [3.05, 3.63) is 0 Å². The minimum atomic E-state index is -1.21. The lowest BCUT2D eigenvalue weighted by molar-refractivity contribution is -0.148. The summed E-state index contributed by atoms with van der Waals surface area (Å²) in [5, 5.41) is 17.9. The van der Waals surface area contributed by atoms with Gasteiger partial charge in [0.15, 0.2) is 6.10 Å². The summed E-state index contributed by atoms with van der Waals surface area (Å²) in [5.74, 6) is -1.24. The normalized spacial score (nSPS) is 28.1. The van der Waals surface area contributed by atoms with E-state index in [0.717, 1.165) is 0 Å². The van der Waals surface area contributed by atoms with E-state index in [4.69, 9.17) is 5.11 Å². The summed E-state index contributed by atoms with van der Waals surface area (Å²) in [5.41, 5.74) is -0.129. The average molecular weight is 172 g/mol. The van der Waals surface area contributed by atoms with Crippen molar-refractivity contribution in [1.29, 1.82) is 0 Å². The van der Waals surface area contributed by atoms with Gasteiger partial charge in [0.1, 0.15) is 0 Å². The summed E-state index contributed by atoms with van der Waals surface area (Å²) in [6.45, 7) is 7.96. The van der Waals surface area contributed by atoms with E-state index in [0.29, 0.717) is 0 Å². The van der Waals surface area contributed by atoms with Crippen LogP contribution in [0.3, 0.4) is 0 Å². The maximum Gasteiger partial charge on any atom is 0.332 e. The number of carboxylic acid groups (broad SMARTS) is 1. The van der Waals surface area contributed by atoms with Crippen molar-refractivity contribution >= 4 is 5.97 Å². The van der Waals surface area contributed by atoms with Gasteiger partial charge in [-0.25, -0.2) is 4.79 Å². The molecular weight excluding hydrogens is 156 g/mol. The second kappa shape index (κ2) is 2.22. The molecule has 1 atom stereocenters. The highest BCUT2D eigenvalue weighted by Gasteiger charge is 2.68. The standard InChI is InChI=1S/C9H16O3/c1-8(2)6(9(8,3)4)5(10)7(11)12/h5-6,10H,1-4H3,(H,11,12). The zero-order valence-electron chi connectivity index (χ0n) is 7.96. The number of carboxylic acids is 1. The number of aliphatic hydroxyl groups is 1. The van der Waals surface area contributed by atoms with Crippen molar-refractivity contribution in [3.63, 3.8) is 0 Å². The van der Waals surface area contributed by atoms with Crippen molar-refractivity contribution in [2.24, 2.45) is 16.7 Å². The first-order valence-corrected chi connectivity index (χ1v) is 4.14. The van der Waals surface area contributed by atoms with Crippen LogP contribution in [0, 0.1) is 16.7 Å². The van der Waals surface area contributed by atoms with Crippen LogP contribution in [-0.4, -0.2) is 22.3 Å². The highest BCUT2D eigenvalue weighted by atomic mass is 16.4. The summed E-state index contributed by atoms with van der Waals surface area (Å²) >= 11 is 0. The van der Waals surface area contributed by atoms with Crippen molar-refractivity contribution in [2.75, 3.05) is 0 Å². The first kappa shape index (κ1) is 9.52. The third kappa shape index (κ3) is 0.959. The van der Waals surface area contributed by atoms with Crippen molar-refractivity contribution in [1.82, 2.24) is 0 Å². The molecule has 2 N–H and O–H groups in total. The minimum Gasteiger partial charge on any atom is -0.479 e. The summed E-state index contributed by atoms with van der Waals surface area (Å²) < 4.78 is 0. The lowest BCUT2D eigenvalue weighted by Gasteiger charge is -2.05. The second-order valence-electron chi connectivity index (χ2n) is 4.70. The van der Waals surface area contributed by atoms with Gasteiger partial charge in [-0.05, 0) is 10.8 Å². The Bertz CT molecular complexity index is 204. The summed E-state index contributed by atoms with van der Waals surface area (Å²) in [6.07, 6.45) is -1.21. The predicted molar refractivity (Wildman–Crippen MR) is 44.7 cm³/mol. The molecule has 0 radical (unpaired) electrons. The third-order valence-corrected chi connectivity index (χ3v) is 3.70.